The van der Waals surface area contributed by atoms with E-state index in [4.69, 9.17) is 4.74 Å². The number of halogens is 2. The molecule has 2 amide bonds. The van der Waals surface area contributed by atoms with Crippen LogP contribution in [-0.4, -0.2) is 38.6 Å². The van der Waals surface area contributed by atoms with Crippen LogP contribution in [0.1, 0.15) is 27.6 Å². The highest BCUT2D eigenvalue weighted by Crippen LogP contribution is 2.19. The summed E-state index contributed by atoms with van der Waals surface area (Å²) in [4.78, 5) is 24.8. The molecule has 0 heterocycles. The van der Waals surface area contributed by atoms with Crippen molar-refractivity contribution in [3.8, 4) is 5.75 Å². The second kappa shape index (κ2) is 10.5. The maximum absolute atomic E-state index is 13.6. The fraction of sp³-hybridized carbons (Fsp3) is 0.263. The van der Waals surface area contributed by atoms with Crippen LogP contribution in [0.25, 0.3) is 0 Å². The van der Waals surface area contributed by atoms with E-state index in [1.807, 2.05) is 6.92 Å². The number of carbonyl (C=O) groups is 2. The van der Waals surface area contributed by atoms with Crippen LogP contribution in [0.3, 0.4) is 0 Å². The third-order valence-electron chi connectivity index (χ3n) is 3.89. The van der Waals surface area contributed by atoms with Crippen LogP contribution in [0.2, 0.25) is 0 Å². The van der Waals surface area contributed by atoms with Crippen molar-refractivity contribution in [3.05, 3.63) is 59.4 Å². The molecule has 6 nitrogen and oxygen atoms in total. The summed E-state index contributed by atoms with van der Waals surface area (Å²) in [5.74, 6) is -0.769. The molecule has 146 valence electrons. The first-order valence-corrected chi connectivity index (χ1v) is 8.15. The molecule has 0 aliphatic rings. The number of rotatable bonds is 7. The second-order valence-electron chi connectivity index (χ2n) is 5.77. The molecule has 0 bridgehead atoms. The summed E-state index contributed by atoms with van der Waals surface area (Å²) in [6.07, 6.45) is 0. The molecule has 3 N–H and O–H groups in total. The lowest BCUT2D eigenvalue weighted by Crippen LogP contribution is -2.37. The Labute approximate surface area is 163 Å². The lowest BCUT2D eigenvalue weighted by Gasteiger charge is -2.14. The maximum atomic E-state index is 13.6. The van der Waals surface area contributed by atoms with Gasteiger partial charge in [0.15, 0.2) is 0 Å². The first-order valence-electron chi connectivity index (χ1n) is 8.15. The van der Waals surface area contributed by atoms with Crippen LogP contribution in [0.15, 0.2) is 42.5 Å². The summed E-state index contributed by atoms with van der Waals surface area (Å²) in [5.41, 5.74) is 0.669. The monoisotopic (exact) mass is 395 g/mol. The van der Waals surface area contributed by atoms with E-state index in [2.05, 4.69) is 16.0 Å². The van der Waals surface area contributed by atoms with Crippen molar-refractivity contribution in [2.75, 3.05) is 26.0 Å². The van der Waals surface area contributed by atoms with Gasteiger partial charge in [-0.25, -0.2) is 4.39 Å². The standard InChI is InChI=1S/C19H22FN3O3.ClH/c1-12(21-2)11-22-19(25)16-9-6-14(20)10-17(16)23-18(24)13-4-7-15(26-3)8-5-13;/h4-10,12,21H,11H2,1-3H3,(H,22,25)(H,23,24);1H. The smallest absolute Gasteiger partial charge is 0.255 e. The number of ether oxygens (including phenoxy) is 1. The molecule has 0 aliphatic carbocycles. The van der Waals surface area contributed by atoms with E-state index in [1.165, 1.54) is 19.2 Å². The minimum atomic E-state index is -0.546. The molecule has 2 aromatic rings. The van der Waals surface area contributed by atoms with Gasteiger partial charge in [0.25, 0.3) is 11.8 Å². The van der Waals surface area contributed by atoms with Gasteiger partial charge in [-0.05, 0) is 56.4 Å². The highest BCUT2D eigenvalue weighted by Gasteiger charge is 2.16. The first-order chi connectivity index (χ1) is 12.4. The first kappa shape index (κ1) is 22.4. The molecule has 0 fully saturated rings. The summed E-state index contributed by atoms with van der Waals surface area (Å²) in [6, 6.07) is 10.2. The summed E-state index contributed by atoms with van der Waals surface area (Å²) >= 11 is 0. The third-order valence-corrected chi connectivity index (χ3v) is 3.89. The lowest BCUT2D eigenvalue weighted by molar-refractivity contribution is 0.0951. The quantitative estimate of drug-likeness (QED) is 0.673. The van der Waals surface area contributed by atoms with Gasteiger partial charge in [0.05, 0.1) is 18.4 Å². The predicted octanol–water partition coefficient (Wildman–Crippen LogP) is 2.85. The predicted molar refractivity (Wildman–Crippen MR) is 105 cm³/mol. The number of methoxy groups -OCH3 is 1. The zero-order valence-electron chi connectivity index (χ0n) is 15.3. The molecule has 0 radical (unpaired) electrons. The minimum Gasteiger partial charge on any atom is -0.497 e. The maximum Gasteiger partial charge on any atom is 0.255 e. The fourth-order valence-electron chi connectivity index (χ4n) is 2.20. The van der Waals surface area contributed by atoms with Gasteiger partial charge in [-0.1, -0.05) is 0 Å². The number of amides is 2. The average Bonchev–Trinajstić information content (AvgIpc) is 2.65. The summed E-state index contributed by atoms with van der Waals surface area (Å²) < 4.78 is 18.7. The Morgan fingerprint density at radius 2 is 1.78 bits per heavy atom. The highest BCUT2D eigenvalue weighted by atomic mass is 35.5. The Bertz CT molecular complexity index is 784. The van der Waals surface area contributed by atoms with Crippen LogP contribution in [0.5, 0.6) is 5.75 Å². The number of benzene rings is 2. The van der Waals surface area contributed by atoms with Crippen LogP contribution in [0.4, 0.5) is 10.1 Å². The number of nitrogens with one attached hydrogen (secondary N) is 3. The average molecular weight is 396 g/mol. The van der Waals surface area contributed by atoms with Gasteiger partial charge in [0.1, 0.15) is 11.6 Å². The van der Waals surface area contributed by atoms with Crippen molar-refractivity contribution in [3.63, 3.8) is 0 Å². The molecule has 2 rings (SSSR count). The highest BCUT2D eigenvalue weighted by molar-refractivity contribution is 6.09. The van der Waals surface area contributed by atoms with E-state index in [0.717, 1.165) is 6.07 Å². The largest absolute Gasteiger partial charge is 0.497 e. The Kier molecular flexibility index (Phi) is 8.71. The van der Waals surface area contributed by atoms with Crippen molar-refractivity contribution in [2.45, 2.75) is 13.0 Å². The van der Waals surface area contributed by atoms with Gasteiger partial charge in [-0.15, -0.1) is 12.4 Å². The molecule has 27 heavy (non-hydrogen) atoms. The number of anilines is 1. The molecule has 8 heteroatoms. The minimum absolute atomic E-state index is 0. The van der Waals surface area contributed by atoms with E-state index >= 15 is 0 Å². The fourth-order valence-corrected chi connectivity index (χ4v) is 2.20. The van der Waals surface area contributed by atoms with Gasteiger partial charge in [0, 0.05) is 18.2 Å². The molecule has 0 aromatic heterocycles. The summed E-state index contributed by atoms with van der Waals surface area (Å²) in [6.45, 7) is 2.32. The van der Waals surface area contributed by atoms with E-state index in [0.29, 0.717) is 17.9 Å². The summed E-state index contributed by atoms with van der Waals surface area (Å²) in [7, 11) is 3.32. The number of hydrogen-bond acceptors (Lipinski definition) is 4. The van der Waals surface area contributed by atoms with E-state index in [1.54, 1.807) is 31.3 Å². The van der Waals surface area contributed by atoms with Crippen molar-refractivity contribution in [1.82, 2.24) is 10.6 Å². The van der Waals surface area contributed by atoms with Gasteiger partial charge < -0.3 is 20.7 Å². The van der Waals surface area contributed by atoms with E-state index < -0.39 is 17.6 Å². The SMILES string of the molecule is CNC(C)CNC(=O)c1ccc(F)cc1NC(=O)c1ccc(OC)cc1.Cl. The van der Waals surface area contributed by atoms with Crippen LogP contribution < -0.4 is 20.7 Å². The van der Waals surface area contributed by atoms with Crippen LogP contribution in [-0.2, 0) is 0 Å². The zero-order chi connectivity index (χ0) is 19.1. The molecule has 0 aliphatic heterocycles. The van der Waals surface area contributed by atoms with Crippen molar-refractivity contribution < 1.29 is 18.7 Å². The molecule has 1 atom stereocenters. The Balaban J connectivity index is 0.00000364. The Morgan fingerprint density at radius 3 is 2.37 bits per heavy atom. The van der Waals surface area contributed by atoms with Gasteiger partial charge in [-0.2, -0.15) is 0 Å². The van der Waals surface area contributed by atoms with Crippen molar-refractivity contribution >= 4 is 29.9 Å². The van der Waals surface area contributed by atoms with Crippen molar-refractivity contribution in [1.29, 1.82) is 0 Å². The molecular weight excluding hydrogens is 373 g/mol. The van der Waals surface area contributed by atoms with Crippen molar-refractivity contribution in [2.24, 2.45) is 0 Å². The Hall–Kier alpha value is -2.64. The molecule has 1 unspecified atom stereocenters. The Morgan fingerprint density at radius 1 is 1.11 bits per heavy atom. The molecule has 0 saturated carbocycles. The summed E-state index contributed by atoms with van der Waals surface area (Å²) in [5, 5.41) is 8.34. The van der Waals surface area contributed by atoms with Gasteiger partial charge in [-0.3, -0.25) is 9.59 Å². The zero-order valence-corrected chi connectivity index (χ0v) is 16.2. The van der Waals surface area contributed by atoms with Crippen LogP contribution in [0, 0.1) is 5.82 Å². The molecule has 2 aromatic carbocycles. The second-order valence-corrected chi connectivity index (χ2v) is 5.77. The number of carbonyl (C=O) groups excluding carboxylic acids is 2. The molecule has 0 spiro atoms. The third kappa shape index (κ3) is 6.23. The van der Waals surface area contributed by atoms with Crippen LogP contribution >= 0.6 is 12.4 Å². The molecule has 0 saturated heterocycles. The normalized spacial score (nSPS) is 11.1. The number of hydrogen-bond donors (Lipinski definition) is 3. The lowest BCUT2D eigenvalue weighted by atomic mass is 10.1. The van der Waals surface area contributed by atoms with E-state index in [-0.39, 0.29) is 29.7 Å². The molecular formula is C19H23ClFN3O3. The van der Waals surface area contributed by atoms with E-state index in [9.17, 15) is 14.0 Å². The number of likely N-dealkylation sites (N-methyl/N-ethyl adjacent to an activating group) is 1. The van der Waals surface area contributed by atoms with Gasteiger partial charge >= 0.3 is 0 Å². The topological polar surface area (TPSA) is 79.5 Å². The van der Waals surface area contributed by atoms with Gasteiger partial charge in [0.2, 0.25) is 0 Å².